The Morgan fingerprint density at radius 2 is 1.71 bits per heavy atom. The molecule has 0 radical (unpaired) electrons. The molecule has 0 aliphatic heterocycles. The molecular formula is C13H6Cl3FN4. The quantitative estimate of drug-likeness (QED) is 0.647. The normalized spacial score (nSPS) is 10.9. The maximum absolute atomic E-state index is 13.7. The van der Waals surface area contributed by atoms with Crippen LogP contribution in [0.25, 0.3) is 16.9 Å². The molecule has 3 aromatic rings. The van der Waals surface area contributed by atoms with Gasteiger partial charge in [0.1, 0.15) is 12.0 Å². The number of benzene rings is 1. The first-order valence-corrected chi connectivity index (χ1v) is 6.87. The van der Waals surface area contributed by atoms with Crippen LogP contribution in [0.2, 0.25) is 15.6 Å². The van der Waals surface area contributed by atoms with Crippen molar-refractivity contribution in [1.29, 1.82) is 0 Å². The summed E-state index contributed by atoms with van der Waals surface area (Å²) in [6, 6.07) is 6.88. The third-order valence-electron chi connectivity index (χ3n) is 2.80. The van der Waals surface area contributed by atoms with E-state index in [1.165, 1.54) is 6.33 Å². The Hall–Kier alpha value is -1.69. The number of hydrogen-bond donors (Lipinski definition) is 0. The number of nitrogens with zero attached hydrogens (tertiary/aromatic N) is 4. The van der Waals surface area contributed by atoms with E-state index in [1.807, 2.05) is 0 Å². The van der Waals surface area contributed by atoms with E-state index in [0.717, 1.165) is 11.9 Å². The minimum Gasteiger partial charge on any atom is -0.288 e. The first-order valence-electron chi connectivity index (χ1n) is 5.73. The van der Waals surface area contributed by atoms with Crippen molar-refractivity contribution in [2.45, 2.75) is 0 Å². The summed E-state index contributed by atoms with van der Waals surface area (Å²) in [6.45, 7) is 0. The van der Waals surface area contributed by atoms with Gasteiger partial charge >= 0.3 is 0 Å². The van der Waals surface area contributed by atoms with Crippen molar-refractivity contribution in [2.75, 3.05) is 0 Å². The average molecular weight is 344 g/mol. The molecule has 106 valence electrons. The van der Waals surface area contributed by atoms with Crippen LogP contribution in [0.1, 0.15) is 0 Å². The molecule has 0 aliphatic carbocycles. The lowest BCUT2D eigenvalue weighted by atomic mass is 10.1. The second kappa shape index (κ2) is 5.60. The summed E-state index contributed by atoms with van der Waals surface area (Å²) in [6.07, 6.45) is 2.53. The molecule has 4 nitrogen and oxygen atoms in total. The van der Waals surface area contributed by atoms with Gasteiger partial charge in [0, 0.05) is 11.3 Å². The van der Waals surface area contributed by atoms with Crippen LogP contribution in [0.4, 0.5) is 4.39 Å². The molecule has 21 heavy (non-hydrogen) atoms. The monoisotopic (exact) mass is 342 g/mol. The first kappa shape index (κ1) is 14.3. The van der Waals surface area contributed by atoms with Crippen LogP contribution >= 0.6 is 34.8 Å². The minimum absolute atomic E-state index is 0.0140. The molecule has 1 aromatic carbocycles. The van der Waals surface area contributed by atoms with Crippen molar-refractivity contribution < 1.29 is 4.39 Å². The second-order valence-corrected chi connectivity index (χ2v) is 5.13. The van der Waals surface area contributed by atoms with E-state index in [-0.39, 0.29) is 16.1 Å². The van der Waals surface area contributed by atoms with Gasteiger partial charge < -0.3 is 0 Å². The summed E-state index contributed by atoms with van der Waals surface area (Å²) in [5.74, 6) is -0.546. The van der Waals surface area contributed by atoms with Gasteiger partial charge in [0.15, 0.2) is 16.1 Å². The van der Waals surface area contributed by atoms with Gasteiger partial charge in [-0.25, -0.2) is 19.3 Å². The number of rotatable bonds is 2. The van der Waals surface area contributed by atoms with Crippen LogP contribution < -0.4 is 0 Å². The first-order chi connectivity index (χ1) is 10.1. The molecule has 3 rings (SSSR count). The van der Waals surface area contributed by atoms with Gasteiger partial charge in [-0.2, -0.15) is 0 Å². The van der Waals surface area contributed by atoms with E-state index in [9.17, 15) is 4.39 Å². The number of aromatic nitrogens is 4. The van der Waals surface area contributed by atoms with Crippen molar-refractivity contribution in [3.63, 3.8) is 0 Å². The molecule has 0 fully saturated rings. The summed E-state index contributed by atoms with van der Waals surface area (Å²) in [4.78, 5) is 11.4. The van der Waals surface area contributed by atoms with Crippen molar-refractivity contribution in [1.82, 2.24) is 19.5 Å². The highest BCUT2D eigenvalue weighted by Gasteiger charge is 2.11. The fourth-order valence-corrected chi connectivity index (χ4v) is 2.28. The molecule has 0 saturated heterocycles. The lowest BCUT2D eigenvalue weighted by molar-refractivity contribution is 0.618. The Kier molecular flexibility index (Phi) is 3.80. The molecule has 0 amide bonds. The molecule has 0 saturated carbocycles. The zero-order valence-corrected chi connectivity index (χ0v) is 12.5. The van der Waals surface area contributed by atoms with Gasteiger partial charge in [-0.1, -0.05) is 35.3 Å². The van der Waals surface area contributed by atoms with Crippen molar-refractivity contribution in [3.8, 4) is 16.9 Å². The Morgan fingerprint density at radius 3 is 2.33 bits per heavy atom. The summed E-state index contributed by atoms with van der Waals surface area (Å²) in [5.41, 5.74) is 1.45. The molecule has 0 unspecified atom stereocenters. The number of imidazole rings is 1. The van der Waals surface area contributed by atoms with Crippen LogP contribution in [0.3, 0.4) is 0 Å². The second-order valence-electron chi connectivity index (χ2n) is 4.08. The highest BCUT2D eigenvalue weighted by molar-refractivity contribution is 6.40. The lowest BCUT2D eigenvalue weighted by Gasteiger charge is -2.06. The van der Waals surface area contributed by atoms with Crippen LogP contribution in [-0.2, 0) is 0 Å². The van der Waals surface area contributed by atoms with E-state index in [2.05, 4.69) is 15.0 Å². The highest BCUT2D eigenvalue weighted by Crippen LogP contribution is 2.26. The Morgan fingerprint density at radius 1 is 1.00 bits per heavy atom. The minimum atomic E-state index is -0.546. The summed E-state index contributed by atoms with van der Waals surface area (Å²) < 4.78 is 15.3. The largest absolute Gasteiger partial charge is 0.288 e. The number of hydrogen-bond acceptors (Lipinski definition) is 3. The van der Waals surface area contributed by atoms with Crippen molar-refractivity contribution in [3.05, 3.63) is 58.2 Å². The molecular weight excluding hydrogens is 338 g/mol. The lowest BCUT2D eigenvalue weighted by Crippen LogP contribution is -1.95. The smallest absolute Gasteiger partial charge is 0.223 e. The van der Waals surface area contributed by atoms with E-state index in [0.29, 0.717) is 10.7 Å². The molecule has 0 bridgehead atoms. The standard InChI is InChI=1S/C13H6Cl3FN4/c14-11-12(15)21(6-19-11)8-3-1-7(2-4-8)10-9(17)5-18-13(16)20-10/h1-6H. The van der Waals surface area contributed by atoms with E-state index < -0.39 is 5.82 Å². The van der Waals surface area contributed by atoms with Crippen molar-refractivity contribution in [2.24, 2.45) is 0 Å². The van der Waals surface area contributed by atoms with E-state index in [1.54, 1.807) is 28.8 Å². The third-order valence-corrected chi connectivity index (χ3v) is 3.72. The SMILES string of the molecule is Fc1cnc(Cl)nc1-c1ccc(-n2cnc(Cl)c2Cl)cc1. The van der Waals surface area contributed by atoms with E-state index in [4.69, 9.17) is 34.8 Å². The van der Waals surface area contributed by atoms with Crippen LogP contribution in [0.5, 0.6) is 0 Å². The third kappa shape index (κ3) is 2.72. The molecule has 0 spiro atoms. The Labute approximate surface area is 134 Å². The van der Waals surface area contributed by atoms with Gasteiger partial charge in [0.05, 0.1) is 6.20 Å². The van der Waals surface area contributed by atoms with E-state index >= 15 is 0 Å². The molecule has 2 heterocycles. The van der Waals surface area contributed by atoms with Gasteiger partial charge in [-0.05, 0) is 23.7 Å². The Balaban J connectivity index is 2.01. The summed E-state index contributed by atoms with van der Waals surface area (Å²) >= 11 is 17.5. The van der Waals surface area contributed by atoms with Gasteiger partial charge in [-0.15, -0.1) is 0 Å². The molecule has 2 aromatic heterocycles. The zero-order chi connectivity index (χ0) is 15.0. The zero-order valence-electron chi connectivity index (χ0n) is 10.3. The van der Waals surface area contributed by atoms with Gasteiger partial charge in [-0.3, -0.25) is 4.57 Å². The molecule has 0 atom stereocenters. The predicted octanol–water partition coefficient (Wildman–Crippen LogP) is 4.43. The maximum atomic E-state index is 13.7. The molecule has 0 aliphatic rings. The molecule has 0 N–H and O–H groups in total. The topological polar surface area (TPSA) is 43.6 Å². The van der Waals surface area contributed by atoms with Crippen molar-refractivity contribution >= 4 is 34.8 Å². The Bertz CT molecular complexity index is 802. The predicted molar refractivity (Wildman–Crippen MR) is 79.6 cm³/mol. The number of halogens is 4. The average Bonchev–Trinajstić information content (AvgIpc) is 2.82. The van der Waals surface area contributed by atoms with Gasteiger partial charge in [0.25, 0.3) is 0 Å². The van der Waals surface area contributed by atoms with Crippen LogP contribution in [0, 0.1) is 5.82 Å². The molecule has 8 heteroatoms. The summed E-state index contributed by atoms with van der Waals surface area (Å²) in [7, 11) is 0. The maximum Gasteiger partial charge on any atom is 0.223 e. The van der Waals surface area contributed by atoms with Gasteiger partial charge in [0.2, 0.25) is 5.28 Å². The van der Waals surface area contributed by atoms with Crippen LogP contribution in [0.15, 0.2) is 36.8 Å². The highest BCUT2D eigenvalue weighted by atomic mass is 35.5. The fourth-order valence-electron chi connectivity index (χ4n) is 1.82. The fraction of sp³-hybridized carbons (Fsp3) is 0. The summed E-state index contributed by atoms with van der Waals surface area (Å²) in [5, 5.41) is 0.509. The van der Waals surface area contributed by atoms with Crippen LogP contribution in [-0.4, -0.2) is 19.5 Å².